The molecule has 1 saturated heterocycles. The molecule has 9 nitrogen and oxygen atoms in total. The van der Waals surface area contributed by atoms with Crippen molar-refractivity contribution < 1.29 is 4.74 Å². The van der Waals surface area contributed by atoms with Crippen LogP contribution >= 0.6 is 0 Å². The highest BCUT2D eigenvalue weighted by molar-refractivity contribution is 5.88. The van der Waals surface area contributed by atoms with E-state index >= 15 is 0 Å². The average molecular weight is 487 g/mol. The van der Waals surface area contributed by atoms with Gasteiger partial charge >= 0.3 is 0 Å². The maximum Gasteiger partial charge on any atom is 0.167 e. The predicted molar refractivity (Wildman–Crippen MR) is 142 cm³/mol. The van der Waals surface area contributed by atoms with Crippen LogP contribution in [0.2, 0.25) is 0 Å². The zero-order valence-corrected chi connectivity index (χ0v) is 21.4. The van der Waals surface area contributed by atoms with Gasteiger partial charge in [-0.15, -0.1) is 0 Å². The molecule has 0 atom stereocenters. The number of rotatable bonds is 5. The molecule has 1 aromatic carbocycles. The minimum Gasteiger partial charge on any atom is -0.378 e. The van der Waals surface area contributed by atoms with Crippen molar-refractivity contribution in [1.29, 1.82) is 0 Å². The van der Waals surface area contributed by atoms with E-state index in [0.29, 0.717) is 11.9 Å². The van der Waals surface area contributed by atoms with E-state index in [9.17, 15) is 0 Å². The van der Waals surface area contributed by atoms with Crippen LogP contribution in [0, 0.1) is 13.8 Å². The summed E-state index contributed by atoms with van der Waals surface area (Å²) in [5.74, 6) is 1.42. The van der Waals surface area contributed by atoms with Gasteiger partial charge < -0.3 is 19.5 Å². The van der Waals surface area contributed by atoms with Crippen molar-refractivity contribution in [2.24, 2.45) is 7.05 Å². The third-order valence-electron chi connectivity index (χ3n) is 7.63. The summed E-state index contributed by atoms with van der Waals surface area (Å²) >= 11 is 0. The Kier molecular flexibility index (Phi) is 6.08. The molecular weight excluding hydrogens is 452 g/mol. The van der Waals surface area contributed by atoms with Gasteiger partial charge in [-0.1, -0.05) is 19.3 Å². The summed E-state index contributed by atoms with van der Waals surface area (Å²) in [5, 5.41) is 8.17. The van der Waals surface area contributed by atoms with Crippen molar-refractivity contribution in [3.05, 3.63) is 42.0 Å². The quantitative estimate of drug-likeness (QED) is 0.428. The lowest BCUT2D eigenvalue weighted by Gasteiger charge is -2.28. The third-order valence-corrected chi connectivity index (χ3v) is 7.63. The van der Waals surface area contributed by atoms with Gasteiger partial charge in [0, 0.05) is 43.2 Å². The molecular formula is C27H34N8O. The molecule has 36 heavy (non-hydrogen) atoms. The highest BCUT2D eigenvalue weighted by atomic mass is 16.5. The Hall–Kier alpha value is -3.46. The van der Waals surface area contributed by atoms with E-state index in [2.05, 4.69) is 51.1 Å². The summed E-state index contributed by atoms with van der Waals surface area (Å²) in [6.07, 6.45) is 8.11. The standard InChI is InChI=1S/C27H34N8O/c1-18-23(19(2)33(3)32-18)25-30-26(24-27(31-25)35(17-28-24)22-7-5-4-6-8-22)29-20-9-11-21(12-10-20)34-13-15-36-16-14-34/h9-12,17,22H,4-8,13-16H2,1-3H3,(H,29,30,31). The van der Waals surface area contributed by atoms with Crippen molar-refractivity contribution in [3.8, 4) is 11.4 Å². The van der Waals surface area contributed by atoms with Gasteiger partial charge in [-0.2, -0.15) is 5.10 Å². The number of ether oxygens (including phenoxy) is 1. The predicted octanol–water partition coefficient (Wildman–Crippen LogP) is 4.93. The Bertz CT molecular complexity index is 1360. The van der Waals surface area contributed by atoms with Crippen LogP contribution in [-0.4, -0.2) is 55.6 Å². The Morgan fingerprint density at radius 1 is 0.972 bits per heavy atom. The largest absolute Gasteiger partial charge is 0.378 e. The van der Waals surface area contributed by atoms with Crippen molar-refractivity contribution in [3.63, 3.8) is 0 Å². The van der Waals surface area contributed by atoms with Crippen LogP contribution in [0.15, 0.2) is 30.6 Å². The zero-order chi connectivity index (χ0) is 24.6. The summed E-state index contributed by atoms with van der Waals surface area (Å²) in [6, 6.07) is 8.96. The molecule has 0 spiro atoms. The zero-order valence-electron chi connectivity index (χ0n) is 21.4. The normalized spacial score (nSPS) is 17.1. The fourth-order valence-corrected chi connectivity index (χ4v) is 5.55. The number of morpholine rings is 1. The van der Waals surface area contributed by atoms with Gasteiger partial charge in [0.1, 0.15) is 0 Å². The molecule has 4 aromatic rings. The number of benzene rings is 1. The lowest BCUT2D eigenvalue weighted by atomic mass is 9.95. The smallest absolute Gasteiger partial charge is 0.167 e. The second-order valence-corrected chi connectivity index (χ2v) is 9.95. The molecule has 0 bridgehead atoms. The minimum atomic E-state index is 0.434. The van der Waals surface area contributed by atoms with Gasteiger partial charge in [-0.3, -0.25) is 4.68 Å². The van der Waals surface area contributed by atoms with Crippen LogP contribution in [0.1, 0.15) is 49.5 Å². The lowest BCUT2D eigenvalue weighted by Crippen LogP contribution is -2.36. The molecule has 3 aromatic heterocycles. The number of imidazole rings is 1. The molecule has 1 N–H and O–H groups in total. The molecule has 0 unspecified atom stereocenters. The molecule has 1 aliphatic heterocycles. The lowest BCUT2D eigenvalue weighted by molar-refractivity contribution is 0.122. The van der Waals surface area contributed by atoms with Gasteiger partial charge in [0.15, 0.2) is 22.8 Å². The van der Waals surface area contributed by atoms with Crippen LogP contribution in [0.3, 0.4) is 0 Å². The van der Waals surface area contributed by atoms with E-state index in [1.54, 1.807) is 0 Å². The summed E-state index contributed by atoms with van der Waals surface area (Å²) in [5.41, 5.74) is 6.85. The molecule has 188 valence electrons. The van der Waals surface area contributed by atoms with E-state index in [4.69, 9.17) is 19.7 Å². The van der Waals surface area contributed by atoms with Gasteiger partial charge in [-0.05, 0) is 51.0 Å². The van der Waals surface area contributed by atoms with E-state index in [-0.39, 0.29) is 0 Å². The maximum absolute atomic E-state index is 5.49. The van der Waals surface area contributed by atoms with E-state index in [1.165, 1.54) is 37.8 Å². The summed E-state index contributed by atoms with van der Waals surface area (Å²) in [7, 11) is 1.96. The molecule has 2 aliphatic rings. The molecule has 0 radical (unpaired) electrons. The number of fused-ring (bicyclic) bond motifs is 1. The first-order valence-corrected chi connectivity index (χ1v) is 13.0. The van der Waals surface area contributed by atoms with Gasteiger partial charge in [0.25, 0.3) is 0 Å². The van der Waals surface area contributed by atoms with Crippen LogP contribution < -0.4 is 10.2 Å². The van der Waals surface area contributed by atoms with Crippen molar-refractivity contribution in [1.82, 2.24) is 29.3 Å². The van der Waals surface area contributed by atoms with E-state index in [0.717, 1.165) is 65.9 Å². The Morgan fingerprint density at radius 3 is 2.42 bits per heavy atom. The maximum atomic E-state index is 5.49. The molecule has 6 rings (SSSR count). The third kappa shape index (κ3) is 4.21. The highest BCUT2D eigenvalue weighted by Crippen LogP contribution is 2.34. The topological polar surface area (TPSA) is 85.9 Å². The fraction of sp³-hybridized carbons (Fsp3) is 0.481. The van der Waals surface area contributed by atoms with Crippen LogP contribution in [0.25, 0.3) is 22.6 Å². The Morgan fingerprint density at radius 2 is 1.72 bits per heavy atom. The number of nitrogens with zero attached hydrogens (tertiary/aromatic N) is 7. The Labute approximate surface area is 211 Å². The second kappa shape index (κ2) is 9.54. The average Bonchev–Trinajstić information content (AvgIpc) is 3.45. The first-order chi connectivity index (χ1) is 17.6. The highest BCUT2D eigenvalue weighted by Gasteiger charge is 2.23. The molecule has 4 heterocycles. The molecule has 1 saturated carbocycles. The van der Waals surface area contributed by atoms with Crippen LogP contribution in [0.5, 0.6) is 0 Å². The Balaban J connectivity index is 1.40. The first-order valence-electron chi connectivity index (χ1n) is 13.0. The SMILES string of the molecule is Cc1nn(C)c(C)c1-c1nc(Nc2ccc(N3CCOCC3)cc2)c2ncn(C3CCCCC3)c2n1. The van der Waals surface area contributed by atoms with Crippen molar-refractivity contribution in [2.75, 3.05) is 36.5 Å². The van der Waals surface area contributed by atoms with Gasteiger partial charge in [0.05, 0.1) is 30.8 Å². The monoisotopic (exact) mass is 486 g/mol. The second-order valence-electron chi connectivity index (χ2n) is 9.95. The van der Waals surface area contributed by atoms with E-state index < -0.39 is 0 Å². The number of aryl methyl sites for hydroxylation is 2. The fourth-order valence-electron chi connectivity index (χ4n) is 5.55. The van der Waals surface area contributed by atoms with Gasteiger partial charge in [-0.25, -0.2) is 15.0 Å². The number of aromatic nitrogens is 6. The number of anilines is 3. The summed E-state index contributed by atoms with van der Waals surface area (Å²) in [4.78, 5) is 17.2. The van der Waals surface area contributed by atoms with Crippen LogP contribution in [0.4, 0.5) is 17.2 Å². The van der Waals surface area contributed by atoms with Crippen molar-refractivity contribution >= 4 is 28.4 Å². The molecule has 0 amide bonds. The molecule has 1 aliphatic carbocycles. The minimum absolute atomic E-state index is 0.434. The molecule has 2 fully saturated rings. The van der Waals surface area contributed by atoms with Gasteiger partial charge in [0.2, 0.25) is 0 Å². The molecule has 9 heteroatoms. The first kappa shape index (κ1) is 23.0. The summed E-state index contributed by atoms with van der Waals surface area (Å²) < 4.78 is 9.66. The number of hydrogen-bond donors (Lipinski definition) is 1. The summed E-state index contributed by atoms with van der Waals surface area (Å²) in [6.45, 7) is 7.48. The number of nitrogens with one attached hydrogen (secondary N) is 1. The number of hydrogen-bond acceptors (Lipinski definition) is 7. The van der Waals surface area contributed by atoms with Crippen molar-refractivity contribution in [2.45, 2.75) is 52.0 Å². The van der Waals surface area contributed by atoms with Crippen LogP contribution in [-0.2, 0) is 11.8 Å². The van der Waals surface area contributed by atoms with E-state index in [1.807, 2.05) is 25.0 Å².